The number of benzene rings is 1. The van der Waals surface area contributed by atoms with Gasteiger partial charge in [0.15, 0.2) is 0 Å². The molecule has 6 heteroatoms. The van der Waals surface area contributed by atoms with Gasteiger partial charge in [0.2, 0.25) is 0 Å². The molecule has 0 atom stereocenters. The van der Waals surface area contributed by atoms with Crippen LogP contribution >= 0.6 is 15.9 Å². The Balaban J connectivity index is 1.96. The number of hydrogen-bond acceptors (Lipinski definition) is 4. The average Bonchev–Trinajstić information content (AvgIpc) is 2.48. The molecule has 0 aliphatic carbocycles. The van der Waals surface area contributed by atoms with Crippen molar-refractivity contribution in [2.45, 2.75) is 13.0 Å². The molecule has 0 aliphatic rings. The van der Waals surface area contributed by atoms with Crippen LogP contribution in [0.2, 0.25) is 0 Å². The first-order chi connectivity index (χ1) is 9.61. The minimum Gasteiger partial charge on any atom is -0.392 e. The van der Waals surface area contributed by atoms with Crippen LogP contribution in [0.5, 0.6) is 0 Å². The quantitative estimate of drug-likeness (QED) is 0.871. The molecule has 0 radical (unpaired) electrons. The highest BCUT2D eigenvalue weighted by Crippen LogP contribution is 2.15. The number of hydrogen-bond donors (Lipinski definition) is 2. The summed E-state index contributed by atoms with van der Waals surface area (Å²) in [6, 6.07) is 7.80. The van der Waals surface area contributed by atoms with Crippen LogP contribution in [0.15, 0.2) is 39.7 Å². The van der Waals surface area contributed by atoms with E-state index in [2.05, 4.69) is 26.3 Å². The lowest BCUT2D eigenvalue weighted by molar-refractivity contribution is 0.282. The van der Waals surface area contributed by atoms with Crippen LogP contribution in [-0.2, 0) is 20.1 Å². The lowest BCUT2D eigenvalue weighted by Crippen LogP contribution is -2.21. The van der Waals surface area contributed by atoms with Gasteiger partial charge in [-0.1, -0.05) is 24.3 Å². The van der Waals surface area contributed by atoms with Crippen molar-refractivity contribution in [3.05, 3.63) is 56.4 Å². The lowest BCUT2D eigenvalue weighted by atomic mass is 10.1. The number of rotatable bonds is 5. The first-order valence-corrected chi connectivity index (χ1v) is 7.05. The Kier molecular flexibility index (Phi) is 4.92. The number of nitrogens with one attached hydrogen (secondary N) is 1. The minimum atomic E-state index is -0.165. The van der Waals surface area contributed by atoms with Crippen LogP contribution in [0, 0.1) is 0 Å². The second kappa shape index (κ2) is 6.67. The van der Waals surface area contributed by atoms with Gasteiger partial charge in [-0.2, -0.15) is 5.10 Å². The highest BCUT2D eigenvalue weighted by molar-refractivity contribution is 9.10. The molecular weight excluding hydrogens is 322 g/mol. The van der Waals surface area contributed by atoms with E-state index < -0.39 is 0 Å². The van der Waals surface area contributed by atoms with Crippen LogP contribution < -0.4 is 10.9 Å². The minimum absolute atomic E-state index is 0.0600. The average molecular weight is 338 g/mol. The van der Waals surface area contributed by atoms with Gasteiger partial charge in [0.1, 0.15) is 4.47 Å². The summed E-state index contributed by atoms with van der Waals surface area (Å²) in [6.45, 7) is 0.760. The van der Waals surface area contributed by atoms with Crippen molar-refractivity contribution in [1.82, 2.24) is 9.78 Å². The number of aliphatic hydroxyl groups is 1. The van der Waals surface area contributed by atoms with E-state index in [-0.39, 0.29) is 12.2 Å². The third-order valence-electron chi connectivity index (χ3n) is 3.01. The summed E-state index contributed by atoms with van der Waals surface area (Å²) >= 11 is 3.27. The van der Waals surface area contributed by atoms with Crippen molar-refractivity contribution in [2.75, 3.05) is 11.9 Å². The Hall–Kier alpha value is -1.66. The maximum atomic E-state index is 11.7. The molecule has 106 valence electrons. The molecule has 20 heavy (non-hydrogen) atoms. The predicted octanol–water partition coefficient (Wildman–Crippen LogP) is 1.69. The van der Waals surface area contributed by atoms with Gasteiger partial charge in [-0.05, 0) is 33.5 Å². The molecule has 2 aromatic rings. The van der Waals surface area contributed by atoms with Gasteiger partial charge in [-0.25, -0.2) is 4.68 Å². The zero-order chi connectivity index (χ0) is 14.5. The van der Waals surface area contributed by atoms with Gasteiger partial charge in [-0.3, -0.25) is 4.79 Å². The zero-order valence-corrected chi connectivity index (χ0v) is 12.7. The highest BCUT2D eigenvalue weighted by Gasteiger charge is 2.05. The van der Waals surface area contributed by atoms with Crippen molar-refractivity contribution in [3.8, 4) is 0 Å². The van der Waals surface area contributed by atoms with E-state index >= 15 is 0 Å². The molecular formula is C14H16BrN3O2. The van der Waals surface area contributed by atoms with Gasteiger partial charge in [0, 0.05) is 13.6 Å². The molecule has 0 aliphatic heterocycles. The summed E-state index contributed by atoms with van der Waals surface area (Å²) < 4.78 is 1.77. The van der Waals surface area contributed by atoms with Crippen molar-refractivity contribution in [1.29, 1.82) is 0 Å². The Morgan fingerprint density at radius 3 is 2.60 bits per heavy atom. The molecule has 1 aromatic heterocycles. The summed E-state index contributed by atoms with van der Waals surface area (Å²) in [5.74, 6) is 0. The van der Waals surface area contributed by atoms with E-state index in [4.69, 9.17) is 5.11 Å². The van der Waals surface area contributed by atoms with Crippen LogP contribution in [0.1, 0.15) is 11.1 Å². The third kappa shape index (κ3) is 3.46. The summed E-state index contributed by atoms with van der Waals surface area (Å²) in [7, 11) is 1.61. The topological polar surface area (TPSA) is 67.2 Å². The van der Waals surface area contributed by atoms with E-state index in [0.717, 1.165) is 12.0 Å². The second-order valence-corrected chi connectivity index (χ2v) is 5.25. The van der Waals surface area contributed by atoms with Crippen LogP contribution in [0.3, 0.4) is 0 Å². The Bertz CT molecular complexity index is 638. The zero-order valence-electron chi connectivity index (χ0n) is 11.1. The molecule has 0 bridgehead atoms. The molecule has 0 unspecified atom stereocenters. The van der Waals surface area contributed by atoms with E-state index in [9.17, 15) is 4.79 Å². The summed E-state index contributed by atoms with van der Waals surface area (Å²) in [6.07, 6.45) is 2.45. The van der Waals surface area contributed by atoms with Crippen LogP contribution in [0.4, 0.5) is 5.69 Å². The number of anilines is 1. The number of aromatic nitrogens is 2. The Morgan fingerprint density at radius 2 is 1.95 bits per heavy atom. The number of halogens is 1. The van der Waals surface area contributed by atoms with E-state index in [1.165, 1.54) is 10.2 Å². The Labute approximate surface area is 125 Å². The first kappa shape index (κ1) is 14.7. The Morgan fingerprint density at radius 1 is 1.30 bits per heavy atom. The van der Waals surface area contributed by atoms with Crippen molar-refractivity contribution >= 4 is 21.6 Å². The third-order valence-corrected chi connectivity index (χ3v) is 3.78. The summed E-state index contributed by atoms with van der Waals surface area (Å²) in [5, 5.41) is 16.1. The SMILES string of the molecule is Cn1ncc(NCCc2ccc(CO)cc2)c(Br)c1=O. The molecule has 2 rings (SSSR count). The highest BCUT2D eigenvalue weighted by atomic mass is 79.9. The fourth-order valence-electron chi connectivity index (χ4n) is 1.79. The standard InChI is InChI=1S/C14H16BrN3O2/c1-18-14(20)13(15)12(8-17-18)16-7-6-10-2-4-11(9-19)5-3-10/h2-5,8,16,19H,6-7,9H2,1H3. The molecule has 5 nitrogen and oxygen atoms in total. The molecule has 0 saturated carbocycles. The van der Waals surface area contributed by atoms with E-state index in [1.54, 1.807) is 13.2 Å². The van der Waals surface area contributed by atoms with Gasteiger partial charge in [0.25, 0.3) is 5.56 Å². The molecule has 0 fully saturated rings. The number of aliphatic hydroxyl groups excluding tert-OH is 1. The molecule has 0 saturated heterocycles. The number of aryl methyl sites for hydroxylation is 1. The molecule has 0 spiro atoms. The smallest absolute Gasteiger partial charge is 0.282 e. The normalized spacial score (nSPS) is 10.6. The van der Waals surface area contributed by atoms with Gasteiger partial charge < -0.3 is 10.4 Å². The van der Waals surface area contributed by atoms with Crippen LogP contribution in [0.25, 0.3) is 0 Å². The largest absolute Gasteiger partial charge is 0.392 e. The lowest BCUT2D eigenvalue weighted by Gasteiger charge is -2.09. The molecule has 2 N–H and O–H groups in total. The van der Waals surface area contributed by atoms with Crippen LogP contribution in [-0.4, -0.2) is 21.4 Å². The fraction of sp³-hybridized carbons (Fsp3) is 0.286. The van der Waals surface area contributed by atoms with Gasteiger partial charge in [-0.15, -0.1) is 0 Å². The first-order valence-electron chi connectivity index (χ1n) is 6.26. The van der Waals surface area contributed by atoms with Crippen molar-refractivity contribution in [2.24, 2.45) is 7.05 Å². The van der Waals surface area contributed by atoms with Gasteiger partial charge >= 0.3 is 0 Å². The maximum Gasteiger partial charge on any atom is 0.282 e. The monoisotopic (exact) mass is 337 g/mol. The summed E-state index contributed by atoms with van der Waals surface area (Å²) in [5.41, 5.74) is 2.60. The number of nitrogens with zero attached hydrogens (tertiary/aromatic N) is 2. The predicted molar refractivity (Wildman–Crippen MR) is 81.7 cm³/mol. The van der Waals surface area contributed by atoms with E-state index in [1.807, 2.05) is 24.3 Å². The van der Waals surface area contributed by atoms with Crippen molar-refractivity contribution in [3.63, 3.8) is 0 Å². The molecule has 1 heterocycles. The van der Waals surface area contributed by atoms with Gasteiger partial charge in [0.05, 0.1) is 18.5 Å². The fourth-order valence-corrected chi connectivity index (χ4v) is 2.29. The summed E-state index contributed by atoms with van der Waals surface area (Å²) in [4.78, 5) is 11.7. The molecule has 1 aromatic carbocycles. The maximum absolute atomic E-state index is 11.7. The van der Waals surface area contributed by atoms with E-state index in [0.29, 0.717) is 16.7 Å². The van der Waals surface area contributed by atoms with Crippen molar-refractivity contribution < 1.29 is 5.11 Å². The molecule has 0 amide bonds. The second-order valence-electron chi connectivity index (χ2n) is 4.45.